The Balaban J connectivity index is 2.19. The number of phenolic OH excluding ortho intramolecular Hbond substituents is 1. The first-order valence-electron chi connectivity index (χ1n) is 6.28. The predicted molar refractivity (Wildman–Crippen MR) is 73.8 cm³/mol. The van der Waals surface area contributed by atoms with Crippen molar-refractivity contribution < 1.29 is 27.8 Å². The van der Waals surface area contributed by atoms with E-state index < -0.39 is 12.4 Å². The molecule has 0 unspecified atom stereocenters. The number of phenols is 1. The van der Waals surface area contributed by atoms with E-state index in [-0.39, 0.29) is 11.5 Å². The molecule has 2 aromatic carbocycles. The highest BCUT2D eigenvalue weighted by molar-refractivity contribution is 5.45. The Hall–Kier alpha value is -2.41. The maximum absolute atomic E-state index is 12.1. The van der Waals surface area contributed by atoms with Gasteiger partial charge in [0, 0.05) is 0 Å². The zero-order chi connectivity index (χ0) is 16.3. The Morgan fingerprint density at radius 3 is 2.14 bits per heavy atom. The predicted octanol–water partition coefficient (Wildman–Crippen LogP) is 3.35. The van der Waals surface area contributed by atoms with Gasteiger partial charge in [0.15, 0.2) is 11.5 Å². The summed E-state index contributed by atoms with van der Waals surface area (Å²) in [5, 5.41) is 9.73. The highest BCUT2D eigenvalue weighted by Gasteiger charge is 2.31. The summed E-state index contributed by atoms with van der Waals surface area (Å²) in [6.07, 6.45) is -4.73. The number of benzene rings is 2. The normalized spacial score (nSPS) is 12.8. The number of aromatic hydroxyl groups is 1. The first-order valence-corrected chi connectivity index (χ1v) is 6.28. The van der Waals surface area contributed by atoms with Gasteiger partial charge in [-0.3, -0.25) is 0 Å². The summed E-state index contributed by atoms with van der Waals surface area (Å²) in [5.41, 5.74) is 7.22. The maximum Gasteiger partial charge on any atom is 0.573 e. The van der Waals surface area contributed by atoms with Crippen molar-refractivity contribution in [3.05, 3.63) is 53.6 Å². The molecule has 2 aromatic rings. The quantitative estimate of drug-likeness (QED) is 0.908. The monoisotopic (exact) mass is 313 g/mol. The fourth-order valence-electron chi connectivity index (χ4n) is 1.97. The van der Waals surface area contributed by atoms with Crippen molar-refractivity contribution in [3.63, 3.8) is 0 Å². The third-order valence-electron chi connectivity index (χ3n) is 3.03. The van der Waals surface area contributed by atoms with Gasteiger partial charge in [0.2, 0.25) is 0 Å². The van der Waals surface area contributed by atoms with E-state index in [0.717, 1.165) is 0 Å². The van der Waals surface area contributed by atoms with Crippen molar-refractivity contribution in [1.29, 1.82) is 0 Å². The van der Waals surface area contributed by atoms with Crippen molar-refractivity contribution in [2.24, 2.45) is 5.73 Å². The van der Waals surface area contributed by atoms with Crippen LogP contribution >= 0.6 is 0 Å². The highest BCUT2D eigenvalue weighted by Crippen LogP contribution is 2.31. The second-order valence-electron chi connectivity index (χ2n) is 4.53. The Morgan fingerprint density at radius 1 is 1.05 bits per heavy atom. The van der Waals surface area contributed by atoms with Crippen LogP contribution < -0.4 is 15.2 Å². The minimum atomic E-state index is -4.73. The van der Waals surface area contributed by atoms with Crippen LogP contribution in [0.1, 0.15) is 17.2 Å². The zero-order valence-electron chi connectivity index (χ0n) is 11.6. The molecule has 0 saturated carbocycles. The number of hydrogen-bond donors (Lipinski definition) is 2. The highest BCUT2D eigenvalue weighted by atomic mass is 19.4. The molecule has 0 fully saturated rings. The summed E-state index contributed by atoms with van der Waals surface area (Å²) in [6, 6.07) is 9.33. The molecule has 4 nitrogen and oxygen atoms in total. The van der Waals surface area contributed by atoms with E-state index in [1.54, 1.807) is 12.1 Å². The van der Waals surface area contributed by atoms with Gasteiger partial charge in [0.05, 0.1) is 13.2 Å². The van der Waals surface area contributed by atoms with Crippen molar-refractivity contribution in [3.8, 4) is 17.2 Å². The van der Waals surface area contributed by atoms with Crippen LogP contribution in [0.5, 0.6) is 17.2 Å². The van der Waals surface area contributed by atoms with Gasteiger partial charge in [-0.2, -0.15) is 0 Å². The first kappa shape index (κ1) is 16.0. The molecular formula is C15H14F3NO3. The molecule has 0 saturated heterocycles. The largest absolute Gasteiger partial charge is 0.573 e. The average Bonchev–Trinajstić information content (AvgIpc) is 2.45. The second-order valence-corrected chi connectivity index (χ2v) is 4.53. The van der Waals surface area contributed by atoms with Crippen LogP contribution in [0.3, 0.4) is 0 Å². The lowest BCUT2D eigenvalue weighted by Crippen LogP contribution is -2.17. The minimum absolute atomic E-state index is 0.0625. The lowest BCUT2D eigenvalue weighted by Gasteiger charge is -2.15. The summed E-state index contributed by atoms with van der Waals surface area (Å²) >= 11 is 0. The fraction of sp³-hybridized carbons (Fsp3) is 0.200. The number of ether oxygens (including phenoxy) is 2. The molecule has 0 radical (unpaired) electrons. The van der Waals surface area contributed by atoms with E-state index >= 15 is 0 Å². The molecule has 0 bridgehead atoms. The van der Waals surface area contributed by atoms with Crippen LogP contribution in [0.2, 0.25) is 0 Å². The third kappa shape index (κ3) is 3.82. The van der Waals surface area contributed by atoms with E-state index in [1.165, 1.54) is 37.4 Å². The summed E-state index contributed by atoms with van der Waals surface area (Å²) in [4.78, 5) is 0. The van der Waals surface area contributed by atoms with Gasteiger partial charge in [-0.05, 0) is 35.4 Å². The number of nitrogens with two attached hydrogens (primary N) is 1. The Bertz CT molecular complexity index is 641. The second kappa shape index (κ2) is 6.15. The van der Waals surface area contributed by atoms with E-state index in [1.807, 2.05) is 0 Å². The molecular weight excluding hydrogens is 299 g/mol. The van der Waals surface area contributed by atoms with E-state index in [0.29, 0.717) is 16.9 Å². The van der Waals surface area contributed by atoms with E-state index in [4.69, 9.17) is 10.5 Å². The van der Waals surface area contributed by atoms with Crippen LogP contribution in [-0.4, -0.2) is 18.6 Å². The number of rotatable bonds is 4. The SMILES string of the molecule is COc1ccc([C@H](N)c2ccc(OC(F)(F)F)cc2)cc1O. The van der Waals surface area contributed by atoms with Gasteiger partial charge < -0.3 is 20.3 Å². The zero-order valence-corrected chi connectivity index (χ0v) is 11.6. The smallest absolute Gasteiger partial charge is 0.504 e. The topological polar surface area (TPSA) is 64.7 Å². The van der Waals surface area contributed by atoms with Gasteiger partial charge in [0.1, 0.15) is 5.75 Å². The van der Waals surface area contributed by atoms with Crippen LogP contribution in [0.4, 0.5) is 13.2 Å². The number of hydrogen-bond acceptors (Lipinski definition) is 4. The molecule has 22 heavy (non-hydrogen) atoms. The molecule has 0 heterocycles. The molecule has 0 aliphatic rings. The lowest BCUT2D eigenvalue weighted by molar-refractivity contribution is -0.274. The van der Waals surface area contributed by atoms with Gasteiger partial charge in [0.25, 0.3) is 0 Å². The van der Waals surface area contributed by atoms with Crippen molar-refractivity contribution in [2.45, 2.75) is 12.4 Å². The standard InChI is InChI=1S/C15H14F3NO3/c1-21-13-7-4-10(8-12(13)20)14(19)9-2-5-11(6-3-9)22-15(16,17)18/h2-8,14,20H,19H2,1H3/t14-/m1/s1. The van der Waals surface area contributed by atoms with Crippen molar-refractivity contribution in [1.82, 2.24) is 0 Å². The molecule has 0 aliphatic carbocycles. The van der Waals surface area contributed by atoms with Crippen LogP contribution in [0, 0.1) is 0 Å². The molecule has 1 atom stereocenters. The fourth-order valence-corrected chi connectivity index (χ4v) is 1.97. The van der Waals surface area contributed by atoms with Gasteiger partial charge in [-0.15, -0.1) is 13.2 Å². The van der Waals surface area contributed by atoms with Gasteiger partial charge in [-0.25, -0.2) is 0 Å². The van der Waals surface area contributed by atoms with Crippen molar-refractivity contribution >= 4 is 0 Å². The summed E-state index contributed by atoms with van der Waals surface area (Å²) in [7, 11) is 1.42. The average molecular weight is 313 g/mol. The number of methoxy groups -OCH3 is 1. The van der Waals surface area contributed by atoms with Crippen LogP contribution in [0.15, 0.2) is 42.5 Å². The van der Waals surface area contributed by atoms with Gasteiger partial charge >= 0.3 is 6.36 Å². The first-order chi connectivity index (χ1) is 10.3. The molecule has 118 valence electrons. The molecule has 0 aromatic heterocycles. The van der Waals surface area contributed by atoms with E-state index in [2.05, 4.69) is 4.74 Å². The summed E-state index contributed by atoms with van der Waals surface area (Å²) in [5.74, 6) is -0.0709. The minimum Gasteiger partial charge on any atom is -0.504 e. The Labute approximate surface area is 124 Å². The third-order valence-corrected chi connectivity index (χ3v) is 3.03. The van der Waals surface area contributed by atoms with Gasteiger partial charge in [-0.1, -0.05) is 18.2 Å². The van der Waals surface area contributed by atoms with Crippen LogP contribution in [0.25, 0.3) is 0 Å². The number of halogens is 3. The molecule has 0 aliphatic heterocycles. The van der Waals surface area contributed by atoms with E-state index in [9.17, 15) is 18.3 Å². The summed E-state index contributed by atoms with van der Waals surface area (Å²) < 4.78 is 45.0. The molecule has 0 amide bonds. The summed E-state index contributed by atoms with van der Waals surface area (Å²) in [6.45, 7) is 0. The molecule has 2 rings (SSSR count). The molecule has 0 spiro atoms. The Kier molecular flexibility index (Phi) is 4.46. The van der Waals surface area contributed by atoms with Crippen molar-refractivity contribution in [2.75, 3.05) is 7.11 Å². The molecule has 3 N–H and O–H groups in total. The number of alkyl halides is 3. The molecule has 7 heteroatoms. The maximum atomic E-state index is 12.1. The Morgan fingerprint density at radius 2 is 1.64 bits per heavy atom. The van der Waals surface area contributed by atoms with Crippen LogP contribution in [-0.2, 0) is 0 Å². The lowest BCUT2D eigenvalue weighted by atomic mass is 9.99.